The third kappa shape index (κ3) is 4.14. The van der Waals surface area contributed by atoms with Crippen LogP contribution in [0.5, 0.6) is 0 Å². The Morgan fingerprint density at radius 2 is 1.68 bits per heavy atom. The summed E-state index contributed by atoms with van der Waals surface area (Å²) in [5.74, 6) is 0.111. The summed E-state index contributed by atoms with van der Waals surface area (Å²) < 4.78 is 0. The van der Waals surface area contributed by atoms with Crippen LogP contribution < -0.4 is 0 Å². The molecule has 0 saturated carbocycles. The van der Waals surface area contributed by atoms with E-state index in [1.54, 1.807) is 11.8 Å². The van der Waals surface area contributed by atoms with E-state index in [9.17, 15) is 4.79 Å². The van der Waals surface area contributed by atoms with Crippen molar-refractivity contribution in [2.75, 3.05) is 0 Å². The van der Waals surface area contributed by atoms with Gasteiger partial charge in [0.15, 0.2) is 0 Å². The molecule has 2 aromatic rings. The van der Waals surface area contributed by atoms with Gasteiger partial charge in [-0.3, -0.25) is 4.79 Å². The monoisotopic (exact) mass is 272 g/mol. The van der Waals surface area contributed by atoms with Gasteiger partial charge in [-0.15, -0.1) is 11.8 Å². The summed E-state index contributed by atoms with van der Waals surface area (Å²) in [5, 5.41) is 8.71. The van der Waals surface area contributed by atoms with Crippen molar-refractivity contribution >= 4 is 17.7 Å². The second-order valence-electron chi connectivity index (χ2n) is 4.44. The van der Waals surface area contributed by atoms with Crippen LogP contribution in [0, 0.1) is 6.92 Å². The average molecular weight is 272 g/mol. The molecule has 2 rings (SSSR count). The Balaban J connectivity index is 1.97. The van der Waals surface area contributed by atoms with E-state index >= 15 is 0 Å². The highest BCUT2D eigenvalue weighted by Crippen LogP contribution is 2.25. The van der Waals surface area contributed by atoms with Gasteiger partial charge in [0.25, 0.3) is 0 Å². The van der Waals surface area contributed by atoms with Gasteiger partial charge < -0.3 is 5.11 Å². The number of hydrogen-bond donors (Lipinski definition) is 1. The number of thioether (sulfide) groups is 1. The lowest BCUT2D eigenvalue weighted by molar-refractivity contribution is -0.136. The van der Waals surface area contributed by atoms with E-state index in [1.165, 1.54) is 16.0 Å². The minimum atomic E-state index is -0.790. The molecule has 0 radical (unpaired) electrons. The van der Waals surface area contributed by atoms with Crippen molar-refractivity contribution in [3.63, 3.8) is 0 Å². The summed E-state index contributed by atoms with van der Waals surface area (Å²) in [6.45, 7) is 2.11. The lowest BCUT2D eigenvalue weighted by Crippen LogP contribution is -1.99. The summed E-state index contributed by atoms with van der Waals surface area (Å²) in [6, 6.07) is 16.1. The van der Waals surface area contributed by atoms with E-state index in [-0.39, 0.29) is 6.42 Å². The molecule has 0 amide bonds. The smallest absolute Gasteiger partial charge is 0.307 e. The van der Waals surface area contributed by atoms with E-state index in [0.29, 0.717) is 0 Å². The number of hydrogen-bond acceptors (Lipinski definition) is 2. The Labute approximate surface area is 117 Å². The molecule has 0 saturated heterocycles. The van der Waals surface area contributed by atoms with Crippen LogP contribution in [0.1, 0.15) is 16.7 Å². The van der Waals surface area contributed by atoms with Gasteiger partial charge >= 0.3 is 5.97 Å². The van der Waals surface area contributed by atoms with Crippen LogP contribution >= 0.6 is 11.8 Å². The van der Waals surface area contributed by atoms with Crippen LogP contribution in [0.25, 0.3) is 0 Å². The Morgan fingerprint density at radius 3 is 2.32 bits per heavy atom. The van der Waals surface area contributed by atoms with E-state index in [0.717, 1.165) is 11.3 Å². The predicted octanol–water partition coefficient (Wildman–Crippen LogP) is 3.91. The van der Waals surface area contributed by atoms with Crippen molar-refractivity contribution in [1.82, 2.24) is 0 Å². The maximum Gasteiger partial charge on any atom is 0.307 e. The first kappa shape index (κ1) is 13.7. The minimum absolute atomic E-state index is 0.0885. The van der Waals surface area contributed by atoms with Gasteiger partial charge in [-0.2, -0.15) is 0 Å². The maximum absolute atomic E-state index is 10.6. The summed E-state index contributed by atoms with van der Waals surface area (Å²) >= 11 is 1.80. The van der Waals surface area contributed by atoms with Crippen molar-refractivity contribution in [3.8, 4) is 0 Å². The van der Waals surface area contributed by atoms with Gasteiger partial charge in [-0.05, 0) is 29.7 Å². The molecule has 0 fully saturated rings. The van der Waals surface area contributed by atoms with Gasteiger partial charge in [0.05, 0.1) is 6.42 Å². The molecule has 0 aliphatic carbocycles. The number of benzene rings is 2. The Bertz CT molecular complexity index is 561. The van der Waals surface area contributed by atoms with Crippen molar-refractivity contribution in [2.45, 2.75) is 24.0 Å². The molecule has 0 spiro atoms. The lowest BCUT2D eigenvalue weighted by atomic mass is 10.1. The lowest BCUT2D eigenvalue weighted by Gasteiger charge is -2.06. The normalized spacial score (nSPS) is 10.4. The molecule has 0 bridgehead atoms. The fraction of sp³-hybridized carbons (Fsp3) is 0.188. The molecule has 98 valence electrons. The number of rotatable bonds is 5. The molecular formula is C16H16O2S. The number of carboxylic acids is 1. The molecule has 3 heteroatoms. The van der Waals surface area contributed by atoms with Gasteiger partial charge in [0, 0.05) is 10.6 Å². The fourth-order valence-electron chi connectivity index (χ4n) is 1.81. The zero-order valence-corrected chi connectivity index (χ0v) is 11.6. The summed E-state index contributed by atoms with van der Waals surface area (Å²) in [4.78, 5) is 11.9. The van der Waals surface area contributed by atoms with Gasteiger partial charge in [0.2, 0.25) is 0 Å². The molecule has 1 N–H and O–H groups in total. The summed E-state index contributed by atoms with van der Waals surface area (Å²) in [5.41, 5.74) is 3.34. The van der Waals surface area contributed by atoms with Crippen LogP contribution in [0.4, 0.5) is 0 Å². The van der Waals surface area contributed by atoms with Crippen molar-refractivity contribution in [1.29, 1.82) is 0 Å². The van der Waals surface area contributed by atoms with Crippen LogP contribution in [-0.2, 0) is 17.0 Å². The quantitative estimate of drug-likeness (QED) is 0.838. The Kier molecular flexibility index (Phi) is 4.63. The maximum atomic E-state index is 10.6. The molecule has 2 aromatic carbocycles. The highest BCUT2D eigenvalue weighted by molar-refractivity contribution is 7.98. The van der Waals surface area contributed by atoms with Crippen molar-refractivity contribution in [2.24, 2.45) is 0 Å². The van der Waals surface area contributed by atoms with E-state index in [4.69, 9.17) is 5.11 Å². The van der Waals surface area contributed by atoms with Gasteiger partial charge in [0.1, 0.15) is 0 Å². The van der Waals surface area contributed by atoms with E-state index < -0.39 is 5.97 Å². The topological polar surface area (TPSA) is 37.3 Å². The SMILES string of the molecule is Cc1ccccc1SCc1ccc(CC(=O)O)cc1. The number of carbonyl (C=O) groups is 1. The molecule has 2 nitrogen and oxygen atoms in total. The minimum Gasteiger partial charge on any atom is -0.481 e. The molecule has 0 unspecified atom stereocenters. The fourth-order valence-corrected chi connectivity index (χ4v) is 2.79. The highest BCUT2D eigenvalue weighted by Gasteiger charge is 2.02. The predicted molar refractivity (Wildman–Crippen MR) is 78.5 cm³/mol. The third-order valence-corrected chi connectivity index (χ3v) is 4.11. The number of carboxylic acid groups (broad SMARTS) is 1. The van der Waals surface area contributed by atoms with E-state index in [2.05, 4.69) is 19.1 Å². The molecule has 0 atom stereocenters. The number of aryl methyl sites for hydroxylation is 1. The third-order valence-electron chi connectivity index (χ3n) is 2.87. The zero-order chi connectivity index (χ0) is 13.7. The summed E-state index contributed by atoms with van der Waals surface area (Å²) in [6.07, 6.45) is 0.0885. The van der Waals surface area contributed by atoms with Gasteiger partial charge in [-0.25, -0.2) is 0 Å². The van der Waals surface area contributed by atoms with Crippen LogP contribution in [0.2, 0.25) is 0 Å². The largest absolute Gasteiger partial charge is 0.481 e. The van der Waals surface area contributed by atoms with E-state index in [1.807, 2.05) is 36.4 Å². The van der Waals surface area contributed by atoms with Crippen LogP contribution in [0.15, 0.2) is 53.4 Å². The molecular weight excluding hydrogens is 256 g/mol. The Morgan fingerprint density at radius 1 is 1.05 bits per heavy atom. The highest BCUT2D eigenvalue weighted by atomic mass is 32.2. The number of aliphatic carboxylic acids is 1. The van der Waals surface area contributed by atoms with Crippen LogP contribution in [0.3, 0.4) is 0 Å². The van der Waals surface area contributed by atoms with Gasteiger partial charge in [-0.1, -0.05) is 42.5 Å². The molecule has 0 aliphatic rings. The summed E-state index contributed by atoms with van der Waals surface area (Å²) in [7, 11) is 0. The average Bonchev–Trinajstić information content (AvgIpc) is 2.39. The first-order valence-corrected chi connectivity index (χ1v) is 7.12. The van der Waals surface area contributed by atoms with Crippen molar-refractivity contribution < 1.29 is 9.90 Å². The Hall–Kier alpha value is -1.74. The zero-order valence-electron chi connectivity index (χ0n) is 10.8. The molecule has 0 heterocycles. The molecule has 0 aromatic heterocycles. The second-order valence-corrected chi connectivity index (χ2v) is 5.46. The molecule has 19 heavy (non-hydrogen) atoms. The molecule has 0 aliphatic heterocycles. The standard InChI is InChI=1S/C16H16O2S/c1-12-4-2-3-5-15(12)19-11-14-8-6-13(7-9-14)10-16(17)18/h2-9H,10-11H2,1H3,(H,17,18). The first-order valence-electron chi connectivity index (χ1n) is 6.13. The second kappa shape index (κ2) is 6.43. The van der Waals surface area contributed by atoms with Crippen LogP contribution in [-0.4, -0.2) is 11.1 Å². The first-order chi connectivity index (χ1) is 9.15. The van der Waals surface area contributed by atoms with Crippen molar-refractivity contribution in [3.05, 3.63) is 65.2 Å².